The molecule has 39 heavy (non-hydrogen) atoms. The van der Waals surface area contributed by atoms with Crippen LogP contribution in [-0.4, -0.2) is 90.0 Å². The zero-order chi connectivity index (χ0) is 27.6. The largest absolute Gasteiger partial charge is 0.477 e. The monoisotopic (exact) mass is 534 g/mol. The molecule has 4 heterocycles. The topological polar surface area (TPSA) is 90.9 Å². The van der Waals surface area contributed by atoms with Crippen molar-refractivity contribution in [2.24, 2.45) is 5.41 Å². The third-order valence-electron chi connectivity index (χ3n) is 8.67. The number of nitrogens with one attached hydrogen (secondary N) is 1. The van der Waals surface area contributed by atoms with Crippen LogP contribution in [0.4, 0.5) is 5.69 Å². The molecule has 1 saturated carbocycles. The summed E-state index contributed by atoms with van der Waals surface area (Å²) in [4.78, 5) is 43.0. The van der Waals surface area contributed by atoms with Crippen LogP contribution in [0.15, 0.2) is 30.5 Å². The van der Waals surface area contributed by atoms with E-state index in [0.717, 1.165) is 56.4 Å². The van der Waals surface area contributed by atoms with Crippen molar-refractivity contribution in [1.82, 2.24) is 25.1 Å². The average molecular weight is 535 g/mol. The van der Waals surface area contributed by atoms with E-state index in [2.05, 4.69) is 41.0 Å². The second-order valence-corrected chi connectivity index (χ2v) is 11.5. The standard InChI is InChI=1S/C30H42N6O3/c1-5-22-20-35(29(38)30(3)13-8-14-30)17-18-36(22)25-11-10-24(23-9-7-15-31-28(23)39-6-2)33-26(25)27(37)32-21-12-16-34(4)19-21/h7,9-11,15,21-22H,5-6,8,12-14,16-20H2,1-4H3,(H,32,37)/t21-,22-/m1/s1. The Labute approximate surface area is 231 Å². The molecule has 9 nitrogen and oxygen atoms in total. The maximum absolute atomic E-state index is 13.8. The number of likely N-dealkylation sites (tertiary alicyclic amines) is 1. The fourth-order valence-electron chi connectivity index (χ4n) is 6.15. The van der Waals surface area contributed by atoms with Gasteiger partial charge in [-0.15, -0.1) is 0 Å². The summed E-state index contributed by atoms with van der Waals surface area (Å²) in [6, 6.07) is 7.95. The highest BCUT2D eigenvalue weighted by Gasteiger charge is 2.43. The summed E-state index contributed by atoms with van der Waals surface area (Å²) in [5.74, 6) is 0.625. The Morgan fingerprint density at radius 1 is 1.13 bits per heavy atom. The van der Waals surface area contributed by atoms with Gasteiger partial charge in [-0.3, -0.25) is 9.59 Å². The van der Waals surface area contributed by atoms with Crippen LogP contribution in [0, 0.1) is 5.41 Å². The summed E-state index contributed by atoms with van der Waals surface area (Å²) in [6.45, 7) is 10.4. The summed E-state index contributed by atoms with van der Waals surface area (Å²) < 4.78 is 5.76. The van der Waals surface area contributed by atoms with Crippen LogP contribution < -0.4 is 15.0 Å². The van der Waals surface area contributed by atoms with Gasteiger partial charge in [0.1, 0.15) is 0 Å². The SMILES string of the molecule is CCOc1ncccc1-c1ccc(N2CCN(C(=O)C3(C)CCC3)C[C@H]2CC)c(C(=O)N[C@@H]2CCN(C)C2)n1. The lowest BCUT2D eigenvalue weighted by Crippen LogP contribution is -2.58. The summed E-state index contributed by atoms with van der Waals surface area (Å²) in [5, 5.41) is 3.24. The highest BCUT2D eigenvalue weighted by molar-refractivity contribution is 5.99. The number of hydrogen-bond acceptors (Lipinski definition) is 7. The second kappa shape index (κ2) is 11.5. The Balaban J connectivity index is 1.46. The summed E-state index contributed by atoms with van der Waals surface area (Å²) >= 11 is 0. The van der Waals surface area contributed by atoms with Gasteiger partial charge < -0.3 is 24.8 Å². The number of rotatable bonds is 8. The van der Waals surface area contributed by atoms with E-state index in [-0.39, 0.29) is 29.3 Å². The Bertz CT molecular complexity index is 1200. The zero-order valence-corrected chi connectivity index (χ0v) is 23.8. The molecule has 2 atom stereocenters. The van der Waals surface area contributed by atoms with E-state index in [9.17, 15) is 9.59 Å². The third kappa shape index (κ3) is 5.60. The molecule has 2 aromatic rings. The Morgan fingerprint density at radius 3 is 2.62 bits per heavy atom. The molecule has 2 aliphatic heterocycles. The number of pyridine rings is 2. The molecule has 0 spiro atoms. The number of amides is 2. The van der Waals surface area contributed by atoms with Crippen LogP contribution >= 0.6 is 0 Å². The first-order valence-corrected chi connectivity index (χ1v) is 14.5. The van der Waals surface area contributed by atoms with Gasteiger partial charge in [0, 0.05) is 49.9 Å². The van der Waals surface area contributed by atoms with Crippen molar-refractivity contribution in [2.75, 3.05) is 51.3 Å². The summed E-state index contributed by atoms with van der Waals surface area (Å²) in [7, 11) is 2.07. The molecule has 1 N–H and O–H groups in total. The fraction of sp³-hybridized carbons (Fsp3) is 0.600. The number of nitrogens with zero attached hydrogens (tertiary/aromatic N) is 5. The van der Waals surface area contributed by atoms with Gasteiger partial charge in [0.15, 0.2) is 5.69 Å². The predicted octanol–water partition coefficient (Wildman–Crippen LogP) is 3.59. The lowest BCUT2D eigenvalue weighted by Gasteiger charge is -2.47. The molecule has 9 heteroatoms. The highest BCUT2D eigenvalue weighted by Crippen LogP contribution is 2.42. The third-order valence-corrected chi connectivity index (χ3v) is 8.67. The van der Waals surface area contributed by atoms with E-state index in [1.54, 1.807) is 6.20 Å². The molecule has 2 amide bonds. The average Bonchev–Trinajstić information content (AvgIpc) is 3.35. The van der Waals surface area contributed by atoms with Crippen molar-refractivity contribution < 1.29 is 14.3 Å². The number of ether oxygens (including phenoxy) is 1. The molecule has 2 saturated heterocycles. The van der Waals surface area contributed by atoms with Crippen LogP contribution in [0.1, 0.15) is 63.4 Å². The molecule has 2 aromatic heterocycles. The van der Waals surface area contributed by atoms with Gasteiger partial charge in [0.25, 0.3) is 5.91 Å². The number of likely N-dealkylation sites (N-methyl/N-ethyl adjacent to an activating group) is 1. The first-order chi connectivity index (χ1) is 18.8. The normalized spacial score (nSPS) is 22.9. The fourth-order valence-corrected chi connectivity index (χ4v) is 6.15. The first kappa shape index (κ1) is 27.4. The van der Waals surface area contributed by atoms with Crippen molar-refractivity contribution >= 4 is 17.5 Å². The Hall–Kier alpha value is -3.20. The smallest absolute Gasteiger partial charge is 0.272 e. The van der Waals surface area contributed by atoms with Gasteiger partial charge in [0.05, 0.1) is 23.6 Å². The molecule has 0 bridgehead atoms. The van der Waals surface area contributed by atoms with E-state index in [0.29, 0.717) is 43.5 Å². The van der Waals surface area contributed by atoms with Crippen molar-refractivity contribution in [3.63, 3.8) is 0 Å². The Kier molecular flexibility index (Phi) is 8.07. The van der Waals surface area contributed by atoms with Crippen molar-refractivity contribution in [2.45, 2.75) is 65.0 Å². The molecule has 3 fully saturated rings. The number of carbonyl (C=O) groups is 2. The molecular weight excluding hydrogens is 492 g/mol. The number of hydrogen-bond donors (Lipinski definition) is 1. The molecule has 3 aliphatic rings. The summed E-state index contributed by atoms with van der Waals surface area (Å²) in [6.07, 6.45) is 6.58. The Morgan fingerprint density at radius 2 is 1.95 bits per heavy atom. The quantitative estimate of drug-likeness (QED) is 0.554. The molecule has 1 aliphatic carbocycles. The van der Waals surface area contributed by atoms with Gasteiger partial charge in [-0.2, -0.15) is 0 Å². The van der Waals surface area contributed by atoms with Crippen molar-refractivity contribution in [3.8, 4) is 17.1 Å². The molecule has 5 rings (SSSR count). The summed E-state index contributed by atoms with van der Waals surface area (Å²) in [5.41, 5.74) is 2.45. The molecule has 0 aromatic carbocycles. The van der Waals surface area contributed by atoms with E-state index < -0.39 is 0 Å². The van der Waals surface area contributed by atoms with Gasteiger partial charge in [0.2, 0.25) is 11.8 Å². The maximum Gasteiger partial charge on any atom is 0.272 e. The molecule has 0 radical (unpaired) electrons. The van der Waals surface area contributed by atoms with E-state index in [1.165, 1.54) is 0 Å². The van der Waals surface area contributed by atoms with Crippen LogP contribution in [-0.2, 0) is 4.79 Å². The minimum atomic E-state index is -0.203. The van der Waals surface area contributed by atoms with Crippen LogP contribution in [0.2, 0.25) is 0 Å². The number of anilines is 1. The zero-order valence-electron chi connectivity index (χ0n) is 23.8. The van der Waals surface area contributed by atoms with E-state index in [1.807, 2.05) is 36.1 Å². The predicted molar refractivity (Wildman–Crippen MR) is 152 cm³/mol. The van der Waals surface area contributed by atoms with Crippen LogP contribution in [0.25, 0.3) is 11.3 Å². The molecular formula is C30H42N6O3. The molecule has 210 valence electrons. The lowest BCUT2D eigenvalue weighted by atomic mass is 9.69. The maximum atomic E-state index is 13.8. The number of piperazine rings is 1. The van der Waals surface area contributed by atoms with E-state index in [4.69, 9.17) is 9.72 Å². The van der Waals surface area contributed by atoms with E-state index >= 15 is 0 Å². The van der Waals surface area contributed by atoms with Gasteiger partial charge >= 0.3 is 0 Å². The van der Waals surface area contributed by atoms with Crippen molar-refractivity contribution in [1.29, 1.82) is 0 Å². The minimum Gasteiger partial charge on any atom is -0.477 e. The number of aromatic nitrogens is 2. The molecule has 0 unspecified atom stereocenters. The highest BCUT2D eigenvalue weighted by atomic mass is 16.5. The van der Waals surface area contributed by atoms with Gasteiger partial charge in [-0.05, 0) is 70.5 Å². The van der Waals surface area contributed by atoms with Gasteiger partial charge in [-0.25, -0.2) is 9.97 Å². The lowest BCUT2D eigenvalue weighted by molar-refractivity contribution is -0.146. The van der Waals surface area contributed by atoms with Crippen molar-refractivity contribution in [3.05, 3.63) is 36.2 Å². The first-order valence-electron chi connectivity index (χ1n) is 14.5. The second-order valence-electron chi connectivity index (χ2n) is 11.5. The van der Waals surface area contributed by atoms with Crippen LogP contribution in [0.3, 0.4) is 0 Å². The van der Waals surface area contributed by atoms with Gasteiger partial charge in [-0.1, -0.05) is 20.3 Å². The number of carbonyl (C=O) groups excluding carboxylic acids is 2. The minimum absolute atomic E-state index is 0.0952. The van der Waals surface area contributed by atoms with Crippen LogP contribution in [0.5, 0.6) is 5.88 Å².